The van der Waals surface area contributed by atoms with Gasteiger partial charge in [-0.25, -0.2) is 0 Å². The summed E-state index contributed by atoms with van der Waals surface area (Å²) in [5.41, 5.74) is 5.48. The number of carboxylic acids is 1. The standard InChI is InChI=1S/C16H28N2O3/c1-11-5-7-16(10-17,8-6-11)15(21)18-13-4-2-3-12(9-13)14(19)20/h11-13H,2-10,17H2,1H3,(H,18,21)(H,19,20). The van der Waals surface area contributed by atoms with Gasteiger partial charge in [-0.1, -0.05) is 13.3 Å². The third kappa shape index (κ3) is 3.76. The van der Waals surface area contributed by atoms with Gasteiger partial charge in [0.25, 0.3) is 0 Å². The molecular weight excluding hydrogens is 268 g/mol. The van der Waals surface area contributed by atoms with Crippen LogP contribution in [0.15, 0.2) is 0 Å². The highest BCUT2D eigenvalue weighted by molar-refractivity contribution is 5.83. The number of carbonyl (C=O) groups excluding carboxylic acids is 1. The molecule has 4 N–H and O–H groups in total. The topological polar surface area (TPSA) is 92.4 Å². The molecule has 0 saturated heterocycles. The lowest BCUT2D eigenvalue weighted by molar-refractivity contribution is -0.144. The van der Waals surface area contributed by atoms with Crippen molar-refractivity contribution in [3.63, 3.8) is 0 Å². The molecule has 0 aromatic carbocycles. The highest BCUT2D eigenvalue weighted by Crippen LogP contribution is 2.38. The number of rotatable bonds is 4. The second-order valence-corrected chi connectivity index (χ2v) is 7.04. The smallest absolute Gasteiger partial charge is 0.306 e. The van der Waals surface area contributed by atoms with Crippen molar-refractivity contribution in [1.29, 1.82) is 0 Å². The Morgan fingerprint density at radius 3 is 2.48 bits per heavy atom. The van der Waals surface area contributed by atoms with E-state index in [0.29, 0.717) is 18.9 Å². The third-order valence-electron chi connectivity index (χ3n) is 5.46. The Labute approximate surface area is 126 Å². The van der Waals surface area contributed by atoms with Gasteiger partial charge in [-0.05, 0) is 50.9 Å². The van der Waals surface area contributed by atoms with Gasteiger partial charge in [0.1, 0.15) is 0 Å². The van der Waals surface area contributed by atoms with E-state index >= 15 is 0 Å². The number of hydrogen-bond acceptors (Lipinski definition) is 3. The van der Waals surface area contributed by atoms with E-state index in [9.17, 15) is 9.59 Å². The van der Waals surface area contributed by atoms with E-state index in [1.807, 2.05) is 0 Å². The van der Waals surface area contributed by atoms with Gasteiger partial charge in [-0.15, -0.1) is 0 Å². The molecule has 21 heavy (non-hydrogen) atoms. The molecular formula is C16H28N2O3. The van der Waals surface area contributed by atoms with Gasteiger partial charge in [-0.3, -0.25) is 9.59 Å². The first kappa shape index (κ1) is 16.3. The minimum absolute atomic E-state index is 0.00451. The number of amides is 1. The summed E-state index contributed by atoms with van der Waals surface area (Å²) in [7, 11) is 0. The number of nitrogens with two attached hydrogens (primary N) is 1. The minimum Gasteiger partial charge on any atom is -0.481 e. The summed E-state index contributed by atoms with van der Waals surface area (Å²) in [5, 5.41) is 12.2. The van der Waals surface area contributed by atoms with E-state index in [1.165, 1.54) is 0 Å². The van der Waals surface area contributed by atoms with Crippen LogP contribution in [0.5, 0.6) is 0 Å². The van der Waals surface area contributed by atoms with Crippen LogP contribution in [-0.4, -0.2) is 29.6 Å². The zero-order valence-electron chi connectivity index (χ0n) is 12.9. The van der Waals surface area contributed by atoms with Crippen molar-refractivity contribution >= 4 is 11.9 Å². The van der Waals surface area contributed by atoms with E-state index in [-0.39, 0.29) is 17.9 Å². The molecule has 0 radical (unpaired) electrons. The van der Waals surface area contributed by atoms with Gasteiger partial charge >= 0.3 is 5.97 Å². The van der Waals surface area contributed by atoms with Crippen LogP contribution in [0.1, 0.15) is 58.3 Å². The Bertz CT molecular complexity index is 389. The lowest BCUT2D eigenvalue weighted by Gasteiger charge is -2.39. The molecule has 0 aromatic rings. The lowest BCUT2D eigenvalue weighted by Crippen LogP contribution is -2.51. The van der Waals surface area contributed by atoms with E-state index in [4.69, 9.17) is 10.8 Å². The molecule has 0 aliphatic heterocycles. The average Bonchev–Trinajstić information content (AvgIpc) is 2.48. The maximum Gasteiger partial charge on any atom is 0.306 e. The number of nitrogens with one attached hydrogen (secondary N) is 1. The minimum atomic E-state index is -0.742. The molecule has 5 heteroatoms. The van der Waals surface area contributed by atoms with Gasteiger partial charge in [0, 0.05) is 12.6 Å². The lowest BCUT2D eigenvalue weighted by atomic mass is 9.70. The van der Waals surface area contributed by atoms with Crippen molar-refractivity contribution in [3.05, 3.63) is 0 Å². The fourth-order valence-corrected chi connectivity index (χ4v) is 3.72. The molecule has 0 spiro atoms. The maximum absolute atomic E-state index is 12.7. The first-order valence-electron chi connectivity index (χ1n) is 8.20. The van der Waals surface area contributed by atoms with Crippen LogP contribution in [-0.2, 0) is 9.59 Å². The Morgan fingerprint density at radius 2 is 1.90 bits per heavy atom. The molecule has 1 amide bonds. The van der Waals surface area contributed by atoms with Gasteiger partial charge in [0.2, 0.25) is 5.91 Å². The summed E-state index contributed by atoms with van der Waals surface area (Å²) in [6, 6.07) is -0.00451. The monoisotopic (exact) mass is 296 g/mol. The van der Waals surface area contributed by atoms with E-state index in [1.54, 1.807) is 0 Å². The number of aliphatic carboxylic acids is 1. The van der Waals surface area contributed by atoms with E-state index in [2.05, 4.69) is 12.2 Å². The average molecular weight is 296 g/mol. The SMILES string of the molecule is CC1CCC(CN)(C(=O)NC2CCCC(C(=O)O)C2)CC1. The molecule has 2 aliphatic rings. The molecule has 2 aliphatic carbocycles. The second-order valence-electron chi connectivity index (χ2n) is 7.04. The van der Waals surface area contributed by atoms with Crippen LogP contribution in [0, 0.1) is 17.3 Å². The second kappa shape index (κ2) is 6.77. The van der Waals surface area contributed by atoms with Crippen LogP contribution in [0.3, 0.4) is 0 Å². The summed E-state index contributed by atoms with van der Waals surface area (Å²) in [6.45, 7) is 2.61. The zero-order valence-corrected chi connectivity index (χ0v) is 12.9. The summed E-state index contributed by atoms with van der Waals surface area (Å²) in [6.07, 6.45) is 6.83. The number of carbonyl (C=O) groups is 2. The van der Waals surface area contributed by atoms with Crippen molar-refractivity contribution in [1.82, 2.24) is 5.32 Å². The molecule has 2 rings (SSSR count). The van der Waals surface area contributed by atoms with Gasteiger partial charge in [0.05, 0.1) is 11.3 Å². The maximum atomic E-state index is 12.7. The van der Waals surface area contributed by atoms with Gasteiger partial charge < -0.3 is 16.2 Å². The summed E-state index contributed by atoms with van der Waals surface area (Å²) in [5.74, 6) is -0.338. The van der Waals surface area contributed by atoms with E-state index in [0.717, 1.165) is 44.9 Å². The predicted octanol–water partition coefficient (Wildman–Crippen LogP) is 1.90. The molecule has 0 bridgehead atoms. The van der Waals surface area contributed by atoms with Crippen LogP contribution >= 0.6 is 0 Å². The van der Waals surface area contributed by atoms with Crippen LogP contribution < -0.4 is 11.1 Å². The molecule has 2 unspecified atom stereocenters. The molecule has 0 heterocycles. The summed E-state index contributed by atoms with van der Waals surface area (Å²) >= 11 is 0. The van der Waals surface area contributed by atoms with Crippen molar-refractivity contribution in [2.75, 3.05) is 6.54 Å². The molecule has 5 nitrogen and oxygen atoms in total. The first-order chi connectivity index (χ1) is 9.97. The van der Waals surface area contributed by atoms with E-state index < -0.39 is 11.4 Å². The highest BCUT2D eigenvalue weighted by Gasteiger charge is 2.41. The first-order valence-corrected chi connectivity index (χ1v) is 8.20. The van der Waals surface area contributed by atoms with Crippen LogP contribution in [0.4, 0.5) is 0 Å². The largest absolute Gasteiger partial charge is 0.481 e. The fraction of sp³-hybridized carbons (Fsp3) is 0.875. The van der Waals surface area contributed by atoms with Crippen molar-refractivity contribution in [2.24, 2.45) is 23.0 Å². The van der Waals surface area contributed by atoms with Crippen molar-refractivity contribution < 1.29 is 14.7 Å². The van der Waals surface area contributed by atoms with Crippen molar-refractivity contribution in [2.45, 2.75) is 64.3 Å². The molecule has 0 aromatic heterocycles. The fourth-order valence-electron chi connectivity index (χ4n) is 3.72. The molecule has 2 atom stereocenters. The predicted molar refractivity (Wildman–Crippen MR) is 80.6 cm³/mol. The molecule has 2 fully saturated rings. The normalized spacial score (nSPS) is 37.0. The van der Waals surface area contributed by atoms with Gasteiger partial charge in [0.15, 0.2) is 0 Å². The van der Waals surface area contributed by atoms with Crippen LogP contribution in [0.25, 0.3) is 0 Å². The Morgan fingerprint density at radius 1 is 1.24 bits per heavy atom. The Balaban J connectivity index is 1.94. The Hall–Kier alpha value is -1.10. The van der Waals surface area contributed by atoms with Crippen LogP contribution in [0.2, 0.25) is 0 Å². The Kier molecular flexibility index (Phi) is 5.25. The number of hydrogen-bond donors (Lipinski definition) is 3. The molecule has 120 valence electrons. The summed E-state index contributed by atoms with van der Waals surface area (Å²) < 4.78 is 0. The quantitative estimate of drug-likeness (QED) is 0.738. The highest BCUT2D eigenvalue weighted by atomic mass is 16.4. The van der Waals surface area contributed by atoms with Gasteiger partial charge in [-0.2, -0.15) is 0 Å². The zero-order chi connectivity index (χ0) is 15.5. The molecule has 2 saturated carbocycles. The van der Waals surface area contributed by atoms with Crippen molar-refractivity contribution in [3.8, 4) is 0 Å². The summed E-state index contributed by atoms with van der Waals surface area (Å²) in [4.78, 5) is 23.8. The third-order valence-corrected chi connectivity index (χ3v) is 5.46. The number of carboxylic acid groups (broad SMARTS) is 1.